The van der Waals surface area contributed by atoms with Crippen molar-refractivity contribution in [2.24, 2.45) is 0 Å². The molecule has 1 aromatic carbocycles. The number of carbonyl (C=O) groups excluding carboxylic acids is 2. The SMILES string of the molecule is CCCCC(=O)Nc1c(C(=O)OCC)cccc1[N+](=O)[O-]. The van der Waals surface area contributed by atoms with Crippen LogP contribution < -0.4 is 5.32 Å². The van der Waals surface area contributed by atoms with Gasteiger partial charge in [0.05, 0.1) is 17.1 Å². The van der Waals surface area contributed by atoms with E-state index in [0.717, 1.165) is 6.42 Å². The van der Waals surface area contributed by atoms with Crippen LogP contribution in [0.2, 0.25) is 0 Å². The average molecular weight is 294 g/mol. The highest BCUT2D eigenvalue weighted by molar-refractivity contribution is 6.03. The fraction of sp³-hybridized carbons (Fsp3) is 0.429. The zero-order chi connectivity index (χ0) is 15.8. The number of nitro benzene ring substituents is 1. The van der Waals surface area contributed by atoms with Gasteiger partial charge in [0.1, 0.15) is 5.69 Å². The Bertz CT molecular complexity index is 542. The van der Waals surface area contributed by atoms with Crippen LogP contribution in [0.5, 0.6) is 0 Å². The Morgan fingerprint density at radius 2 is 2.05 bits per heavy atom. The Morgan fingerprint density at radius 1 is 1.33 bits per heavy atom. The summed E-state index contributed by atoms with van der Waals surface area (Å²) in [7, 11) is 0. The summed E-state index contributed by atoms with van der Waals surface area (Å²) in [6.45, 7) is 3.71. The average Bonchev–Trinajstić information content (AvgIpc) is 2.45. The number of para-hydroxylation sites is 1. The predicted octanol–water partition coefficient (Wildman–Crippen LogP) is 2.90. The summed E-state index contributed by atoms with van der Waals surface area (Å²) < 4.78 is 4.85. The van der Waals surface area contributed by atoms with Crippen LogP contribution in [0.3, 0.4) is 0 Å². The van der Waals surface area contributed by atoms with Crippen LogP contribution in [-0.2, 0) is 9.53 Å². The lowest BCUT2D eigenvalue weighted by Crippen LogP contribution is -2.17. The maximum atomic E-state index is 11.8. The molecular formula is C14H18N2O5. The number of hydrogen-bond acceptors (Lipinski definition) is 5. The first-order valence-corrected chi connectivity index (χ1v) is 6.75. The van der Waals surface area contributed by atoms with E-state index in [1.165, 1.54) is 18.2 Å². The quantitative estimate of drug-likeness (QED) is 0.473. The summed E-state index contributed by atoms with van der Waals surface area (Å²) in [6.07, 6.45) is 1.74. The van der Waals surface area contributed by atoms with Gasteiger partial charge < -0.3 is 10.1 Å². The van der Waals surface area contributed by atoms with Crippen molar-refractivity contribution in [3.63, 3.8) is 0 Å². The minimum atomic E-state index is -0.702. The Labute approximate surface area is 122 Å². The molecule has 0 aliphatic rings. The van der Waals surface area contributed by atoms with Gasteiger partial charge in [-0.15, -0.1) is 0 Å². The molecule has 0 spiro atoms. The third-order valence-corrected chi connectivity index (χ3v) is 2.76. The summed E-state index contributed by atoms with van der Waals surface area (Å²) in [5.74, 6) is -1.07. The van der Waals surface area contributed by atoms with Gasteiger partial charge in [0.15, 0.2) is 0 Å². The number of nitrogens with one attached hydrogen (secondary N) is 1. The summed E-state index contributed by atoms with van der Waals surface area (Å²) in [4.78, 5) is 34.0. The molecule has 0 aromatic heterocycles. The van der Waals surface area contributed by atoms with Crippen molar-refractivity contribution in [3.05, 3.63) is 33.9 Å². The van der Waals surface area contributed by atoms with E-state index in [2.05, 4.69) is 5.32 Å². The third kappa shape index (κ3) is 4.55. The predicted molar refractivity (Wildman–Crippen MR) is 77.2 cm³/mol. The minimum Gasteiger partial charge on any atom is -0.462 e. The zero-order valence-corrected chi connectivity index (χ0v) is 12.0. The van der Waals surface area contributed by atoms with Gasteiger partial charge in [0, 0.05) is 12.5 Å². The molecule has 0 atom stereocenters. The molecule has 114 valence electrons. The lowest BCUT2D eigenvalue weighted by atomic mass is 10.1. The lowest BCUT2D eigenvalue weighted by Gasteiger charge is -2.10. The second kappa shape index (κ2) is 7.98. The highest BCUT2D eigenvalue weighted by atomic mass is 16.6. The fourth-order valence-electron chi connectivity index (χ4n) is 1.74. The van der Waals surface area contributed by atoms with E-state index >= 15 is 0 Å². The first-order chi connectivity index (χ1) is 10.0. The number of rotatable bonds is 7. The molecule has 1 amide bonds. The van der Waals surface area contributed by atoms with E-state index < -0.39 is 10.9 Å². The Hall–Kier alpha value is -2.44. The van der Waals surface area contributed by atoms with Gasteiger partial charge in [-0.25, -0.2) is 4.79 Å². The molecule has 0 aliphatic heterocycles. The van der Waals surface area contributed by atoms with Crippen LogP contribution in [0.15, 0.2) is 18.2 Å². The van der Waals surface area contributed by atoms with Crippen molar-refractivity contribution in [1.29, 1.82) is 0 Å². The third-order valence-electron chi connectivity index (χ3n) is 2.76. The molecule has 1 rings (SSSR count). The summed E-state index contributed by atoms with van der Waals surface area (Å²) in [5.41, 5.74) is -0.455. The number of esters is 1. The second-order valence-corrected chi connectivity index (χ2v) is 4.33. The van der Waals surface area contributed by atoms with Gasteiger partial charge in [-0.3, -0.25) is 14.9 Å². The molecule has 0 fully saturated rings. The molecule has 1 N–H and O–H groups in total. The summed E-state index contributed by atoms with van der Waals surface area (Å²) in [6, 6.07) is 4.00. The highest BCUT2D eigenvalue weighted by Crippen LogP contribution is 2.29. The molecular weight excluding hydrogens is 276 g/mol. The van der Waals surface area contributed by atoms with Crippen molar-refractivity contribution in [3.8, 4) is 0 Å². The van der Waals surface area contributed by atoms with E-state index in [-0.39, 0.29) is 35.9 Å². The van der Waals surface area contributed by atoms with E-state index in [4.69, 9.17) is 4.74 Å². The van der Waals surface area contributed by atoms with Gasteiger partial charge >= 0.3 is 5.97 Å². The number of ether oxygens (including phenoxy) is 1. The van der Waals surface area contributed by atoms with Crippen LogP contribution in [0, 0.1) is 10.1 Å². The van der Waals surface area contributed by atoms with Gasteiger partial charge in [0.2, 0.25) is 5.91 Å². The number of anilines is 1. The van der Waals surface area contributed by atoms with Crippen molar-refractivity contribution in [2.45, 2.75) is 33.1 Å². The van der Waals surface area contributed by atoms with Crippen LogP contribution in [-0.4, -0.2) is 23.4 Å². The van der Waals surface area contributed by atoms with Crippen molar-refractivity contribution < 1.29 is 19.2 Å². The first-order valence-electron chi connectivity index (χ1n) is 6.75. The van der Waals surface area contributed by atoms with E-state index in [1.54, 1.807) is 6.92 Å². The minimum absolute atomic E-state index is 0.0177. The second-order valence-electron chi connectivity index (χ2n) is 4.33. The molecule has 21 heavy (non-hydrogen) atoms. The van der Waals surface area contributed by atoms with Crippen LogP contribution >= 0.6 is 0 Å². The van der Waals surface area contributed by atoms with Gasteiger partial charge in [0.25, 0.3) is 5.69 Å². The smallest absolute Gasteiger partial charge is 0.340 e. The highest BCUT2D eigenvalue weighted by Gasteiger charge is 2.23. The number of nitrogens with zero attached hydrogens (tertiary/aromatic N) is 1. The molecule has 0 unspecified atom stereocenters. The number of amides is 1. The molecule has 0 saturated carbocycles. The summed E-state index contributed by atoms with van der Waals surface area (Å²) in [5, 5.41) is 13.5. The fourth-order valence-corrected chi connectivity index (χ4v) is 1.74. The number of carbonyl (C=O) groups is 2. The number of hydrogen-bond donors (Lipinski definition) is 1. The van der Waals surface area contributed by atoms with E-state index in [0.29, 0.717) is 6.42 Å². The molecule has 0 bridgehead atoms. The maximum absolute atomic E-state index is 11.8. The molecule has 0 aliphatic carbocycles. The molecule has 1 aromatic rings. The van der Waals surface area contributed by atoms with Gasteiger partial charge in [-0.05, 0) is 19.4 Å². The van der Waals surface area contributed by atoms with E-state index in [1.807, 2.05) is 6.92 Å². The molecule has 0 heterocycles. The first kappa shape index (κ1) is 16.6. The molecule has 7 heteroatoms. The van der Waals surface area contributed by atoms with Crippen molar-refractivity contribution in [1.82, 2.24) is 0 Å². The maximum Gasteiger partial charge on any atom is 0.340 e. The Morgan fingerprint density at radius 3 is 2.62 bits per heavy atom. The number of benzene rings is 1. The number of nitro groups is 1. The van der Waals surface area contributed by atoms with Crippen molar-refractivity contribution in [2.75, 3.05) is 11.9 Å². The monoisotopic (exact) mass is 294 g/mol. The standard InChI is InChI=1S/C14H18N2O5/c1-3-5-9-12(17)15-13-10(14(18)21-4-2)7-6-8-11(13)16(19)20/h6-8H,3-5,9H2,1-2H3,(H,15,17). The lowest BCUT2D eigenvalue weighted by molar-refractivity contribution is -0.384. The topological polar surface area (TPSA) is 98.5 Å². The number of unbranched alkanes of at least 4 members (excludes halogenated alkanes) is 1. The Kier molecular flexibility index (Phi) is 6.32. The largest absolute Gasteiger partial charge is 0.462 e. The summed E-state index contributed by atoms with van der Waals surface area (Å²) >= 11 is 0. The van der Waals surface area contributed by atoms with Crippen LogP contribution in [0.1, 0.15) is 43.5 Å². The van der Waals surface area contributed by atoms with Gasteiger partial charge in [-0.2, -0.15) is 0 Å². The van der Waals surface area contributed by atoms with Crippen LogP contribution in [0.25, 0.3) is 0 Å². The molecule has 0 radical (unpaired) electrons. The molecule has 7 nitrogen and oxygen atoms in total. The zero-order valence-electron chi connectivity index (χ0n) is 12.0. The van der Waals surface area contributed by atoms with Crippen molar-refractivity contribution >= 4 is 23.3 Å². The van der Waals surface area contributed by atoms with Crippen LogP contribution in [0.4, 0.5) is 11.4 Å². The van der Waals surface area contributed by atoms with Gasteiger partial charge in [-0.1, -0.05) is 19.4 Å². The Balaban J connectivity index is 3.14. The normalized spacial score (nSPS) is 10.0. The molecule has 0 saturated heterocycles. The van der Waals surface area contributed by atoms with E-state index in [9.17, 15) is 19.7 Å².